The van der Waals surface area contributed by atoms with Gasteiger partial charge in [0.05, 0.1) is 0 Å². The SMILES string of the molecule is C=CC(C)NC(=O)COc1ccc(N)cc1. The van der Waals surface area contributed by atoms with Crippen LogP contribution in [0, 0.1) is 0 Å². The molecule has 0 spiro atoms. The van der Waals surface area contributed by atoms with Gasteiger partial charge in [0.25, 0.3) is 5.91 Å². The largest absolute Gasteiger partial charge is 0.484 e. The van der Waals surface area contributed by atoms with Gasteiger partial charge in [-0.15, -0.1) is 6.58 Å². The molecule has 1 aromatic carbocycles. The average Bonchev–Trinajstić information content (AvgIpc) is 2.28. The maximum atomic E-state index is 11.3. The standard InChI is InChI=1S/C12H16N2O2/c1-3-9(2)14-12(15)8-16-11-6-4-10(13)5-7-11/h3-7,9H,1,8,13H2,2H3,(H,14,15). The summed E-state index contributed by atoms with van der Waals surface area (Å²) >= 11 is 0. The summed E-state index contributed by atoms with van der Waals surface area (Å²) in [5, 5.41) is 2.70. The van der Waals surface area contributed by atoms with Crippen LogP contribution in [0.3, 0.4) is 0 Å². The summed E-state index contributed by atoms with van der Waals surface area (Å²) in [7, 11) is 0. The van der Waals surface area contributed by atoms with E-state index in [0.29, 0.717) is 11.4 Å². The second kappa shape index (κ2) is 5.80. The lowest BCUT2D eigenvalue weighted by Gasteiger charge is -2.10. The van der Waals surface area contributed by atoms with Crippen molar-refractivity contribution in [2.24, 2.45) is 0 Å². The van der Waals surface area contributed by atoms with Crippen molar-refractivity contribution in [3.63, 3.8) is 0 Å². The van der Waals surface area contributed by atoms with Crippen molar-refractivity contribution in [1.82, 2.24) is 5.32 Å². The van der Waals surface area contributed by atoms with Gasteiger partial charge in [0.15, 0.2) is 6.61 Å². The lowest BCUT2D eigenvalue weighted by Crippen LogP contribution is -2.34. The van der Waals surface area contributed by atoms with Crippen molar-refractivity contribution in [3.05, 3.63) is 36.9 Å². The maximum absolute atomic E-state index is 11.3. The zero-order valence-corrected chi connectivity index (χ0v) is 9.27. The fourth-order valence-corrected chi connectivity index (χ4v) is 1.07. The van der Waals surface area contributed by atoms with Crippen LogP contribution in [-0.4, -0.2) is 18.6 Å². The minimum absolute atomic E-state index is 0.0118. The van der Waals surface area contributed by atoms with Crippen LogP contribution in [-0.2, 0) is 4.79 Å². The second-order valence-electron chi connectivity index (χ2n) is 3.45. The highest BCUT2D eigenvalue weighted by Gasteiger charge is 2.04. The topological polar surface area (TPSA) is 64.3 Å². The van der Waals surface area contributed by atoms with Crippen LogP contribution >= 0.6 is 0 Å². The van der Waals surface area contributed by atoms with Crippen molar-refractivity contribution < 1.29 is 9.53 Å². The summed E-state index contributed by atoms with van der Waals surface area (Å²) in [4.78, 5) is 11.3. The number of amides is 1. The van der Waals surface area contributed by atoms with Gasteiger partial charge in [-0.25, -0.2) is 0 Å². The van der Waals surface area contributed by atoms with Crippen LogP contribution in [0.2, 0.25) is 0 Å². The van der Waals surface area contributed by atoms with E-state index in [1.54, 1.807) is 30.3 Å². The zero-order valence-electron chi connectivity index (χ0n) is 9.27. The Bertz CT molecular complexity index is 360. The van der Waals surface area contributed by atoms with E-state index in [1.165, 1.54) is 0 Å². The molecule has 0 heterocycles. The Kier molecular flexibility index (Phi) is 4.39. The third-order valence-corrected chi connectivity index (χ3v) is 1.99. The van der Waals surface area contributed by atoms with Crippen LogP contribution < -0.4 is 15.8 Å². The van der Waals surface area contributed by atoms with Gasteiger partial charge in [-0.3, -0.25) is 4.79 Å². The van der Waals surface area contributed by atoms with Gasteiger partial charge in [-0.2, -0.15) is 0 Å². The normalized spacial score (nSPS) is 11.6. The summed E-state index contributed by atoms with van der Waals surface area (Å²) in [6, 6.07) is 6.83. The zero-order chi connectivity index (χ0) is 12.0. The van der Waals surface area contributed by atoms with Gasteiger partial charge in [-0.05, 0) is 31.2 Å². The van der Waals surface area contributed by atoms with Gasteiger partial charge >= 0.3 is 0 Å². The number of hydrogen-bond acceptors (Lipinski definition) is 3. The average molecular weight is 220 g/mol. The molecule has 1 atom stereocenters. The molecule has 0 aliphatic heterocycles. The first kappa shape index (κ1) is 12.1. The first-order chi connectivity index (χ1) is 7.61. The highest BCUT2D eigenvalue weighted by atomic mass is 16.5. The van der Waals surface area contributed by atoms with Gasteiger partial charge in [-0.1, -0.05) is 6.08 Å². The monoisotopic (exact) mass is 220 g/mol. The van der Waals surface area contributed by atoms with Crippen LogP contribution in [0.4, 0.5) is 5.69 Å². The number of nitrogens with one attached hydrogen (secondary N) is 1. The molecule has 1 rings (SSSR count). The van der Waals surface area contributed by atoms with Crippen LogP contribution in [0.5, 0.6) is 5.75 Å². The van der Waals surface area contributed by atoms with Crippen molar-refractivity contribution in [2.45, 2.75) is 13.0 Å². The lowest BCUT2D eigenvalue weighted by molar-refractivity contribution is -0.123. The summed E-state index contributed by atoms with van der Waals surface area (Å²) < 4.78 is 5.27. The quantitative estimate of drug-likeness (QED) is 0.581. The number of nitrogen functional groups attached to an aromatic ring is 1. The van der Waals surface area contributed by atoms with Gasteiger partial charge in [0.1, 0.15) is 5.75 Å². The highest BCUT2D eigenvalue weighted by molar-refractivity contribution is 5.78. The number of carbonyl (C=O) groups excluding carboxylic acids is 1. The first-order valence-electron chi connectivity index (χ1n) is 5.02. The molecule has 4 nitrogen and oxygen atoms in total. The molecule has 0 aromatic heterocycles. The molecular weight excluding hydrogens is 204 g/mol. The van der Waals surface area contributed by atoms with Crippen molar-refractivity contribution in [2.75, 3.05) is 12.3 Å². The molecule has 1 amide bonds. The van der Waals surface area contributed by atoms with Crippen LogP contribution in [0.1, 0.15) is 6.92 Å². The number of nitrogens with two attached hydrogens (primary N) is 1. The molecule has 3 N–H and O–H groups in total. The molecule has 1 aromatic rings. The predicted molar refractivity (Wildman–Crippen MR) is 64.2 cm³/mol. The van der Waals surface area contributed by atoms with E-state index < -0.39 is 0 Å². The molecule has 4 heteroatoms. The smallest absolute Gasteiger partial charge is 0.258 e. The molecular formula is C12H16N2O2. The minimum Gasteiger partial charge on any atom is -0.484 e. The van der Waals surface area contributed by atoms with E-state index in [4.69, 9.17) is 10.5 Å². The number of rotatable bonds is 5. The molecule has 0 saturated heterocycles. The Morgan fingerprint density at radius 2 is 2.19 bits per heavy atom. The molecule has 86 valence electrons. The molecule has 0 saturated carbocycles. The Morgan fingerprint density at radius 1 is 1.56 bits per heavy atom. The molecule has 0 radical (unpaired) electrons. The van der Waals surface area contributed by atoms with E-state index in [1.807, 2.05) is 6.92 Å². The predicted octanol–water partition coefficient (Wildman–Crippen LogP) is 1.34. The van der Waals surface area contributed by atoms with Crippen LogP contribution in [0.15, 0.2) is 36.9 Å². The Hall–Kier alpha value is -1.97. The fraction of sp³-hybridized carbons (Fsp3) is 0.250. The first-order valence-corrected chi connectivity index (χ1v) is 5.02. The minimum atomic E-state index is -0.177. The van der Waals surface area contributed by atoms with Crippen molar-refractivity contribution >= 4 is 11.6 Å². The molecule has 16 heavy (non-hydrogen) atoms. The van der Waals surface area contributed by atoms with Crippen molar-refractivity contribution in [3.8, 4) is 5.75 Å². The highest BCUT2D eigenvalue weighted by Crippen LogP contribution is 2.12. The molecule has 0 aliphatic rings. The molecule has 0 aliphatic carbocycles. The van der Waals surface area contributed by atoms with Crippen LogP contribution in [0.25, 0.3) is 0 Å². The number of hydrogen-bond donors (Lipinski definition) is 2. The Labute approximate surface area is 95.1 Å². The third kappa shape index (κ3) is 4.04. The molecule has 1 unspecified atom stereocenters. The van der Waals surface area contributed by atoms with E-state index in [2.05, 4.69) is 11.9 Å². The number of carbonyl (C=O) groups is 1. The second-order valence-corrected chi connectivity index (χ2v) is 3.45. The summed E-state index contributed by atoms with van der Waals surface area (Å²) in [5.74, 6) is 0.444. The molecule has 0 bridgehead atoms. The molecule has 0 fully saturated rings. The lowest BCUT2D eigenvalue weighted by atomic mass is 10.3. The fourth-order valence-electron chi connectivity index (χ4n) is 1.07. The number of benzene rings is 1. The third-order valence-electron chi connectivity index (χ3n) is 1.99. The van der Waals surface area contributed by atoms with Gasteiger partial charge in [0.2, 0.25) is 0 Å². The summed E-state index contributed by atoms with van der Waals surface area (Å²) in [5.41, 5.74) is 6.18. The maximum Gasteiger partial charge on any atom is 0.258 e. The van der Waals surface area contributed by atoms with E-state index in [9.17, 15) is 4.79 Å². The van der Waals surface area contributed by atoms with Crippen molar-refractivity contribution in [1.29, 1.82) is 0 Å². The number of anilines is 1. The Morgan fingerprint density at radius 3 is 2.75 bits per heavy atom. The van der Waals surface area contributed by atoms with Gasteiger partial charge < -0.3 is 15.8 Å². The summed E-state index contributed by atoms with van der Waals surface area (Å²) in [6.45, 7) is 5.40. The number of ether oxygens (including phenoxy) is 1. The van der Waals surface area contributed by atoms with E-state index in [0.717, 1.165) is 0 Å². The van der Waals surface area contributed by atoms with Gasteiger partial charge in [0, 0.05) is 11.7 Å². The Balaban J connectivity index is 2.37. The summed E-state index contributed by atoms with van der Waals surface area (Å²) in [6.07, 6.45) is 1.65. The van der Waals surface area contributed by atoms with E-state index >= 15 is 0 Å². The van der Waals surface area contributed by atoms with E-state index in [-0.39, 0.29) is 18.6 Å².